The number of nitrogens with zero attached hydrogens (tertiary/aromatic N) is 3. The molecule has 0 atom stereocenters. The van der Waals surface area contributed by atoms with Gasteiger partial charge in [-0.1, -0.05) is 12.8 Å². The Morgan fingerprint density at radius 2 is 1.89 bits per heavy atom. The maximum atomic E-state index is 14.0. The van der Waals surface area contributed by atoms with E-state index in [1.807, 2.05) is 4.90 Å². The molecule has 0 unspecified atom stereocenters. The summed E-state index contributed by atoms with van der Waals surface area (Å²) >= 11 is 0. The molecular weight excluding hydrogens is 364 g/mol. The van der Waals surface area contributed by atoms with Crippen molar-refractivity contribution in [2.24, 2.45) is 4.99 Å². The molecule has 1 heterocycles. The summed E-state index contributed by atoms with van der Waals surface area (Å²) in [4.78, 5) is 20.2. The molecule has 1 amide bonds. The van der Waals surface area contributed by atoms with Gasteiger partial charge in [0.1, 0.15) is 11.6 Å². The van der Waals surface area contributed by atoms with Crippen LogP contribution in [0.25, 0.3) is 0 Å². The van der Waals surface area contributed by atoms with E-state index in [0.29, 0.717) is 50.9 Å². The Morgan fingerprint density at radius 3 is 2.57 bits per heavy atom. The molecule has 2 aliphatic rings. The van der Waals surface area contributed by atoms with E-state index < -0.39 is 11.6 Å². The number of anilines is 1. The Morgan fingerprint density at radius 1 is 1.18 bits per heavy atom. The smallest absolute Gasteiger partial charge is 0.221 e. The van der Waals surface area contributed by atoms with Gasteiger partial charge in [0.15, 0.2) is 5.96 Å². The molecule has 154 valence electrons. The van der Waals surface area contributed by atoms with E-state index in [-0.39, 0.29) is 5.91 Å². The largest absolute Gasteiger partial charge is 0.366 e. The molecule has 1 saturated carbocycles. The topological polar surface area (TPSA) is 60.0 Å². The first-order valence-corrected chi connectivity index (χ1v) is 10.0. The second kappa shape index (κ2) is 9.71. The molecule has 6 nitrogen and oxygen atoms in total. The van der Waals surface area contributed by atoms with Crippen molar-refractivity contribution in [2.75, 3.05) is 44.7 Å². The molecule has 28 heavy (non-hydrogen) atoms. The summed E-state index contributed by atoms with van der Waals surface area (Å²) in [6.45, 7) is 2.95. The number of hydrogen-bond donors (Lipinski definition) is 2. The second-order valence-electron chi connectivity index (χ2n) is 7.34. The molecule has 2 N–H and O–H groups in total. The Kier molecular flexibility index (Phi) is 7.06. The van der Waals surface area contributed by atoms with Crippen LogP contribution < -0.4 is 15.5 Å². The van der Waals surface area contributed by atoms with Gasteiger partial charge in [0.05, 0.1) is 5.69 Å². The normalized spacial score (nSPS) is 18.5. The lowest BCUT2D eigenvalue weighted by molar-refractivity contribution is -0.121. The molecule has 1 aliphatic heterocycles. The van der Waals surface area contributed by atoms with E-state index in [0.717, 1.165) is 30.9 Å². The van der Waals surface area contributed by atoms with Crippen LogP contribution in [0.15, 0.2) is 23.2 Å². The summed E-state index contributed by atoms with van der Waals surface area (Å²) in [5.74, 6) is -0.0490. The van der Waals surface area contributed by atoms with E-state index in [9.17, 15) is 13.6 Å². The molecule has 3 rings (SSSR count). The van der Waals surface area contributed by atoms with Crippen molar-refractivity contribution in [3.63, 3.8) is 0 Å². The lowest BCUT2D eigenvalue weighted by Gasteiger charge is -2.37. The molecule has 1 aromatic carbocycles. The van der Waals surface area contributed by atoms with Crippen molar-refractivity contribution in [3.8, 4) is 0 Å². The molecule has 0 spiro atoms. The number of carbonyl (C=O) groups excluding carboxylic acids is 1. The number of amides is 1. The second-order valence-corrected chi connectivity index (χ2v) is 7.34. The monoisotopic (exact) mass is 393 g/mol. The van der Waals surface area contributed by atoms with Crippen molar-refractivity contribution in [2.45, 2.75) is 38.1 Å². The maximum Gasteiger partial charge on any atom is 0.221 e. The quantitative estimate of drug-likeness (QED) is 0.594. The number of aliphatic imine (C=N–C) groups is 1. The molecule has 8 heteroatoms. The van der Waals surface area contributed by atoms with Gasteiger partial charge in [-0.25, -0.2) is 8.78 Å². The third kappa shape index (κ3) is 5.33. The summed E-state index contributed by atoms with van der Waals surface area (Å²) in [7, 11) is 1.71. The highest BCUT2D eigenvalue weighted by Gasteiger charge is 2.22. The van der Waals surface area contributed by atoms with Crippen molar-refractivity contribution in [1.29, 1.82) is 0 Å². The lowest BCUT2D eigenvalue weighted by atomic mass is 10.2. The minimum Gasteiger partial charge on any atom is -0.366 e. The predicted molar refractivity (Wildman–Crippen MR) is 107 cm³/mol. The molecule has 2 fully saturated rings. The zero-order valence-electron chi connectivity index (χ0n) is 16.4. The van der Waals surface area contributed by atoms with Gasteiger partial charge in [0.25, 0.3) is 0 Å². The minimum atomic E-state index is -0.438. The molecule has 0 radical (unpaired) electrons. The highest BCUT2D eigenvalue weighted by atomic mass is 19.1. The van der Waals surface area contributed by atoms with Crippen LogP contribution in [0.2, 0.25) is 0 Å². The molecule has 1 saturated heterocycles. The summed E-state index contributed by atoms with van der Waals surface area (Å²) in [5, 5.41) is 6.31. The summed E-state index contributed by atoms with van der Waals surface area (Å²) in [6, 6.07) is 3.86. The van der Waals surface area contributed by atoms with Crippen LogP contribution in [-0.4, -0.2) is 62.6 Å². The lowest BCUT2D eigenvalue weighted by Crippen LogP contribution is -2.53. The van der Waals surface area contributed by atoms with Crippen molar-refractivity contribution in [3.05, 3.63) is 29.8 Å². The number of hydrogen-bond acceptors (Lipinski definition) is 3. The minimum absolute atomic E-state index is 0.0706. The van der Waals surface area contributed by atoms with Crippen LogP contribution in [0.3, 0.4) is 0 Å². The zero-order chi connectivity index (χ0) is 19.9. The van der Waals surface area contributed by atoms with Crippen LogP contribution in [0, 0.1) is 11.6 Å². The Labute approximate surface area is 165 Å². The summed E-state index contributed by atoms with van der Waals surface area (Å²) in [5.41, 5.74) is 0.297. The van der Waals surface area contributed by atoms with Gasteiger partial charge in [-0.3, -0.25) is 9.79 Å². The third-order valence-corrected chi connectivity index (χ3v) is 5.40. The first-order chi connectivity index (χ1) is 13.6. The van der Waals surface area contributed by atoms with E-state index in [1.165, 1.54) is 18.9 Å². The first-order valence-electron chi connectivity index (χ1n) is 10.0. The van der Waals surface area contributed by atoms with Crippen LogP contribution in [-0.2, 0) is 4.79 Å². The number of benzene rings is 1. The molecular formula is C20H29F2N5O. The van der Waals surface area contributed by atoms with Gasteiger partial charge in [-0.05, 0) is 25.0 Å². The fourth-order valence-corrected chi connectivity index (χ4v) is 3.88. The van der Waals surface area contributed by atoms with Gasteiger partial charge in [-0.2, -0.15) is 0 Å². The molecule has 0 bridgehead atoms. The average molecular weight is 393 g/mol. The number of halogens is 2. The average Bonchev–Trinajstić information content (AvgIpc) is 3.20. The molecule has 1 aromatic rings. The first kappa shape index (κ1) is 20.4. The number of piperazine rings is 1. The van der Waals surface area contributed by atoms with E-state index in [4.69, 9.17) is 0 Å². The molecule has 1 aliphatic carbocycles. The third-order valence-electron chi connectivity index (χ3n) is 5.40. The van der Waals surface area contributed by atoms with Gasteiger partial charge in [0.2, 0.25) is 5.91 Å². The number of nitrogens with one attached hydrogen (secondary N) is 2. The number of guanidine groups is 1. The number of carbonyl (C=O) groups is 1. The predicted octanol–water partition coefficient (Wildman–Crippen LogP) is 2.11. The SMILES string of the molecule is CN=C(NCCC(=O)NC1CCCC1)N1CCN(c2cc(F)ccc2F)CC1. The Balaban J connectivity index is 1.43. The van der Waals surface area contributed by atoms with E-state index in [1.54, 1.807) is 7.05 Å². The van der Waals surface area contributed by atoms with Crippen molar-refractivity contribution < 1.29 is 13.6 Å². The van der Waals surface area contributed by atoms with E-state index in [2.05, 4.69) is 20.5 Å². The molecule has 0 aromatic heterocycles. The van der Waals surface area contributed by atoms with Crippen molar-refractivity contribution >= 4 is 17.6 Å². The summed E-state index contributed by atoms with van der Waals surface area (Å²) < 4.78 is 27.4. The standard InChI is InChI=1S/C20H29F2N5O/c1-23-20(24-9-8-19(28)25-16-4-2-3-5-16)27-12-10-26(11-13-27)18-14-15(21)6-7-17(18)22/h6-7,14,16H,2-5,8-13H2,1H3,(H,23,24)(H,25,28). The van der Waals surface area contributed by atoms with Crippen LogP contribution in [0.4, 0.5) is 14.5 Å². The van der Waals surface area contributed by atoms with Gasteiger partial charge in [0, 0.05) is 58.3 Å². The fourth-order valence-electron chi connectivity index (χ4n) is 3.88. The van der Waals surface area contributed by atoms with E-state index >= 15 is 0 Å². The van der Waals surface area contributed by atoms with Crippen LogP contribution >= 0.6 is 0 Å². The Bertz CT molecular complexity index is 698. The highest BCUT2D eigenvalue weighted by Crippen LogP contribution is 2.22. The highest BCUT2D eigenvalue weighted by molar-refractivity contribution is 5.81. The van der Waals surface area contributed by atoms with Crippen LogP contribution in [0.5, 0.6) is 0 Å². The number of rotatable bonds is 5. The van der Waals surface area contributed by atoms with Crippen LogP contribution in [0.1, 0.15) is 32.1 Å². The van der Waals surface area contributed by atoms with Crippen molar-refractivity contribution in [1.82, 2.24) is 15.5 Å². The van der Waals surface area contributed by atoms with Gasteiger partial charge < -0.3 is 20.4 Å². The maximum absolute atomic E-state index is 14.0. The Hall–Kier alpha value is -2.38. The van der Waals surface area contributed by atoms with Gasteiger partial charge in [-0.15, -0.1) is 0 Å². The summed E-state index contributed by atoms with van der Waals surface area (Å²) in [6.07, 6.45) is 4.96. The fraction of sp³-hybridized carbons (Fsp3) is 0.600. The van der Waals surface area contributed by atoms with Gasteiger partial charge >= 0.3 is 0 Å². The zero-order valence-corrected chi connectivity index (χ0v) is 16.4.